The van der Waals surface area contributed by atoms with Gasteiger partial charge in [-0.3, -0.25) is 4.79 Å². The van der Waals surface area contributed by atoms with Gasteiger partial charge in [0, 0.05) is 36.5 Å². The Labute approximate surface area is 245 Å². The van der Waals surface area contributed by atoms with Crippen molar-refractivity contribution in [3.63, 3.8) is 0 Å². The monoisotopic (exact) mass is 569 g/mol. The number of aliphatic hydroxyl groups excluding tert-OH is 1. The van der Waals surface area contributed by atoms with E-state index in [1.54, 1.807) is 25.3 Å². The maximum Gasteiger partial charge on any atom is 0.252 e. The van der Waals surface area contributed by atoms with E-state index in [1.807, 2.05) is 60.7 Å². The van der Waals surface area contributed by atoms with Crippen molar-refractivity contribution in [3.05, 3.63) is 118 Å². The molecule has 4 rings (SSSR count). The van der Waals surface area contributed by atoms with Gasteiger partial charge in [0.2, 0.25) is 5.90 Å². The van der Waals surface area contributed by atoms with Crippen molar-refractivity contribution in [1.29, 1.82) is 0 Å². The van der Waals surface area contributed by atoms with E-state index in [0.29, 0.717) is 48.8 Å². The normalized spacial score (nSPS) is 17.4. The molecule has 10 heteroatoms. The number of nitrogens with one attached hydrogen (secondary N) is 1. The Kier molecular flexibility index (Phi) is 10.6. The van der Waals surface area contributed by atoms with Crippen LogP contribution in [0.2, 0.25) is 0 Å². The summed E-state index contributed by atoms with van der Waals surface area (Å²) >= 11 is 0. The van der Waals surface area contributed by atoms with Crippen molar-refractivity contribution >= 4 is 11.8 Å². The van der Waals surface area contributed by atoms with Gasteiger partial charge in [-0.1, -0.05) is 47.6 Å². The number of hydrogen-bond donors (Lipinski definition) is 2. The van der Waals surface area contributed by atoms with Gasteiger partial charge in [-0.2, -0.15) is 0 Å². The molecule has 2 N–H and O–H groups in total. The number of methoxy groups -OCH3 is 1. The van der Waals surface area contributed by atoms with Gasteiger partial charge < -0.3 is 24.6 Å². The van der Waals surface area contributed by atoms with E-state index in [4.69, 9.17) is 29.8 Å². The summed E-state index contributed by atoms with van der Waals surface area (Å²) in [5, 5.41) is 15.8. The molecule has 218 valence electrons. The highest BCUT2D eigenvalue weighted by Gasteiger charge is 2.52. The van der Waals surface area contributed by atoms with Gasteiger partial charge in [0.15, 0.2) is 11.6 Å². The molecule has 0 aromatic heterocycles. The molecule has 0 bridgehead atoms. The third-order valence-electron chi connectivity index (χ3n) is 6.96. The molecule has 0 spiro atoms. The number of carbonyl (C=O) groups is 1. The summed E-state index contributed by atoms with van der Waals surface area (Å²) in [4.78, 5) is 21.9. The fourth-order valence-electron chi connectivity index (χ4n) is 4.86. The molecule has 0 saturated carbocycles. The highest BCUT2D eigenvalue weighted by atomic mass is 16.5. The Morgan fingerprint density at radius 3 is 2.74 bits per heavy atom. The van der Waals surface area contributed by atoms with Gasteiger partial charge in [0.25, 0.3) is 5.91 Å². The molecule has 2 atom stereocenters. The number of aliphatic hydroxyl groups is 1. The summed E-state index contributed by atoms with van der Waals surface area (Å²) in [6, 6.07) is 22.4. The Balaban J connectivity index is 1.67. The first-order chi connectivity index (χ1) is 20.5. The number of benzene rings is 3. The lowest BCUT2D eigenvalue weighted by Crippen LogP contribution is -2.48. The number of amides is 1. The van der Waals surface area contributed by atoms with E-state index in [0.717, 1.165) is 16.9 Å². The van der Waals surface area contributed by atoms with Crippen LogP contribution >= 0.6 is 0 Å². The summed E-state index contributed by atoms with van der Waals surface area (Å²) in [5.41, 5.74) is 10.8. The summed E-state index contributed by atoms with van der Waals surface area (Å²) < 4.78 is 17.5. The summed E-state index contributed by atoms with van der Waals surface area (Å²) in [6.07, 6.45) is 2.21. The number of azide groups is 1. The van der Waals surface area contributed by atoms with Crippen LogP contribution in [0, 0.1) is 0 Å². The van der Waals surface area contributed by atoms with Gasteiger partial charge in [-0.05, 0) is 65.0 Å². The summed E-state index contributed by atoms with van der Waals surface area (Å²) in [7, 11) is 1.62. The van der Waals surface area contributed by atoms with Crippen LogP contribution in [0.5, 0.6) is 11.5 Å². The lowest BCUT2D eigenvalue weighted by molar-refractivity contribution is -0.128. The van der Waals surface area contributed by atoms with Crippen LogP contribution in [0.15, 0.2) is 95.6 Å². The van der Waals surface area contributed by atoms with Crippen LogP contribution in [-0.2, 0) is 22.5 Å². The van der Waals surface area contributed by atoms with Crippen LogP contribution in [0.1, 0.15) is 41.2 Å². The molecule has 0 aliphatic carbocycles. The molecule has 0 radical (unpaired) electrons. The first-order valence-corrected chi connectivity index (χ1v) is 13.8. The van der Waals surface area contributed by atoms with Gasteiger partial charge in [-0.15, -0.1) is 6.58 Å². The Hall–Kier alpha value is -4.79. The predicted molar refractivity (Wildman–Crippen MR) is 161 cm³/mol. The molecule has 1 aliphatic rings. The second-order valence-corrected chi connectivity index (χ2v) is 9.73. The molecule has 0 unspecified atom stereocenters. The van der Waals surface area contributed by atoms with Gasteiger partial charge in [0.1, 0.15) is 11.5 Å². The average molecular weight is 570 g/mol. The Morgan fingerprint density at radius 1 is 1.19 bits per heavy atom. The SMILES string of the molecule is C=CC[C@@]1(C(=O)NCCc2cccc(OC)c2)N=C(c2ccc(OCCCO)cc2)O[C@@H]1c1ccccc1CN=[N+]=[N-]. The van der Waals surface area contributed by atoms with Crippen molar-refractivity contribution in [2.24, 2.45) is 10.1 Å². The molecule has 1 heterocycles. The molecule has 3 aromatic rings. The van der Waals surface area contributed by atoms with Crippen LogP contribution in [0.3, 0.4) is 0 Å². The molecule has 3 aromatic carbocycles. The van der Waals surface area contributed by atoms with E-state index in [2.05, 4.69) is 21.9 Å². The van der Waals surface area contributed by atoms with E-state index < -0.39 is 11.6 Å². The Morgan fingerprint density at radius 2 is 2.00 bits per heavy atom. The highest BCUT2D eigenvalue weighted by molar-refractivity contribution is 6.01. The van der Waals surface area contributed by atoms with Crippen molar-refractivity contribution in [2.45, 2.75) is 37.5 Å². The third kappa shape index (κ3) is 7.09. The largest absolute Gasteiger partial charge is 0.497 e. The average Bonchev–Trinajstić information content (AvgIpc) is 3.41. The molecule has 42 heavy (non-hydrogen) atoms. The standard InChI is InChI=1S/C32H35N5O5/c1-3-17-32(31(39)34-18-16-23-8-6-10-27(21-23)40-2)29(28-11-5-4-9-25(28)22-35-37-33)42-30(36-32)24-12-14-26(15-13-24)41-20-7-19-38/h3-6,8-15,21,29,38H,1,7,16-20,22H2,2H3,(H,34,39)/t29-,32-/m1/s1. The Bertz CT molecular complexity index is 1450. The van der Waals surface area contributed by atoms with E-state index in [-0.39, 0.29) is 25.5 Å². The number of hydrogen-bond acceptors (Lipinski definition) is 7. The number of ether oxygens (including phenoxy) is 3. The number of rotatable bonds is 15. The number of aliphatic imine (C=N–C) groups is 1. The van der Waals surface area contributed by atoms with E-state index in [9.17, 15) is 4.79 Å². The van der Waals surface area contributed by atoms with Crippen molar-refractivity contribution in [2.75, 3.05) is 26.9 Å². The van der Waals surface area contributed by atoms with E-state index >= 15 is 0 Å². The molecular weight excluding hydrogens is 534 g/mol. The van der Waals surface area contributed by atoms with Crippen molar-refractivity contribution in [1.82, 2.24) is 5.32 Å². The topological polar surface area (TPSA) is 138 Å². The maximum absolute atomic E-state index is 14.1. The molecule has 0 saturated heterocycles. The van der Waals surface area contributed by atoms with Crippen molar-refractivity contribution < 1.29 is 24.1 Å². The first kappa shape index (κ1) is 30.2. The van der Waals surface area contributed by atoms with Crippen LogP contribution in [-0.4, -0.2) is 49.3 Å². The highest BCUT2D eigenvalue weighted by Crippen LogP contribution is 2.44. The lowest BCUT2D eigenvalue weighted by Gasteiger charge is -2.30. The van der Waals surface area contributed by atoms with Crippen LogP contribution in [0.25, 0.3) is 10.4 Å². The fraction of sp³-hybridized carbons (Fsp3) is 0.312. The zero-order chi connectivity index (χ0) is 29.8. The quantitative estimate of drug-likeness (QED) is 0.0823. The predicted octanol–water partition coefficient (Wildman–Crippen LogP) is 5.46. The fourth-order valence-corrected chi connectivity index (χ4v) is 4.86. The van der Waals surface area contributed by atoms with E-state index in [1.165, 1.54) is 0 Å². The molecular formula is C32H35N5O5. The molecule has 10 nitrogen and oxygen atoms in total. The second-order valence-electron chi connectivity index (χ2n) is 9.73. The van der Waals surface area contributed by atoms with Gasteiger partial charge in [-0.25, -0.2) is 4.99 Å². The zero-order valence-electron chi connectivity index (χ0n) is 23.6. The maximum atomic E-state index is 14.1. The summed E-state index contributed by atoms with van der Waals surface area (Å²) in [5.74, 6) is 1.41. The third-order valence-corrected chi connectivity index (χ3v) is 6.96. The molecule has 0 fully saturated rings. The van der Waals surface area contributed by atoms with Gasteiger partial charge in [0.05, 0.1) is 20.3 Å². The summed E-state index contributed by atoms with van der Waals surface area (Å²) in [6.45, 7) is 4.85. The second kappa shape index (κ2) is 14.7. The van der Waals surface area contributed by atoms with Crippen LogP contribution < -0.4 is 14.8 Å². The smallest absolute Gasteiger partial charge is 0.252 e. The minimum absolute atomic E-state index is 0.0538. The molecule has 1 aliphatic heterocycles. The number of carbonyl (C=O) groups excluding carboxylic acids is 1. The van der Waals surface area contributed by atoms with Crippen LogP contribution in [0.4, 0.5) is 0 Å². The minimum Gasteiger partial charge on any atom is -0.497 e. The molecule has 1 amide bonds. The lowest BCUT2D eigenvalue weighted by atomic mass is 9.82. The number of nitrogens with zero attached hydrogens (tertiary/aromatic N) is 4. The zero-order valence-corrected chi connectivity index (χ0v) is 23.6. The first-order valence-electron chi connectivity index (χ1n) is 13.8. The van der Waals surface area contributed by atoms with Gasteiger partial charge >= 0.3 is 0 Å². The van der Waals surface area contributed by atoms with Crippen molar-refractivity contribution in [3.8, 4) is 11.5 Å². The minimum atomic E-state index is -1.35.